The molecule has 0 spiro atoms. The van der Waals surface area contributed by atoms with E-state index in [-0.39, 0.29) is 6.10 Å². The molecule has 1 unspecified atom stereocenters. The standard InChI is InChI=1S/C12H22N4O/c1-5-13-11-7-12(16-10(4)15-11)14-8-9(3)17-6-2/h7,9H,5-6,8H2,1-4H3,(H2,13,14,15,16). The molecule has 1 heterocycles. The molecule has 0 fully saturated rings. The lowest BCUT2D eigenvalue weighted by molar-refractivity contribution is 0.0855. The molecule has 5 nitrogen and oxygen atoms in total. The molecule has 17 heavy (non-hydrogen) atoms. The molecule has 0 saturated heterocycles. The maximum Gasteiger partial charge on any atom is 0.131 e. The molecule has 1 atom stereocenters. The average molecular weight is 238 g/mol. The van der Waals surface area contributed by atoms with Gasteiger partial charge in [-0.15, -0.1) is 0 Å². The van der Waals surface area contributed by atoms with E-state index in [4.69, 9.17) is 4.74 Å². The molecule has 0 aliphatic carbocycles. The normalized spacial score (nSPS) is 12.2. The maximum absolute atomic E-state index is 5.45. The van der Waals surface area contributed by atoms with Gasteiger partial charge in [-0.1, -0.05) is 0 Å². The van der Waals surface area contributed by atoms with Gasteiger partial charge in [-0.25, -0.2) is 9.97 Å². The van der Waals surface area contributed by atoms with Gasteiger partial charge in [0, 0.05) is 25.8 Å². The Kier molecular flexibility index (Phi) is 5.69. The summed E-state index contributed by atoms with van der Waals surface area (Å²) in [5, 5.41) is 6.43. The summed E-state index contributed by atoms with van der Waals surface area (Å²) in [5.41, 5.74) is 0. The summed E-state index contributed by atoms with van der Waals surface area (Å²) in [6.07, 6.45) is 0.179. The Morgan fingerprint density at radius 2 is 1.88 bits per heavy atom. The lowest BCUT2D eigenvalue weighted by atomic mass is 10.4. The first-order valence-electron chi connectivity index (χ1n) is 6.10. The van der Waals surface area contributed by atoms with Crippen LogP contribution in [0.4, 0.5) is 11.6 Å². The molecule has 1 aromatic heterocycles. The van der Waals surface area contributed by atoms with Crippen molar-refractivity contribution in [1.29, 1.82) is 0 Å². The zero-order chi connectivity index (χ0) is 12.7. The molecule has 0 aliphatic rings. The number of rotatable bonds is 7. The van der Waals surface area contributed by atoms with Crippen LogP contribution in [0.2, 0.25) is 0 Å². The van der Waals surface area contributed by atoms with Crippen LogP contribution in [0.1, 0.15) is 26.6 Å². The summed E-state index contributed by atoms with van der Waals surface area (Å²) in [6, 6.07) is 1.91. The number of aryl methyl sites for hydroxylation is 1. The highest BCUT2D eigenvalue weighted by atomic mass is 16.5. The second kappa shape index (κ2) is 7.06. The van der Waals surface area contributed by atoms with E-state index in [9.17, 15) is 0 Å². The van der Waals surface area contributed by atoms with E-state index in [1.165, 1.54) is 0 Å². The minimum Gasteiger partial charge on any atom is -0.377 e. The molecule has 2 N–H and O–H groups in total. The average Bonchev–Trinajstić information content (AvgIpc) is 2.26. The van der Waals surface area contributed by atoms with Crippen molar-refractivity contribution in [2.24, 2.45) is 0 Å². The Hall–Kier alpha value is -1.36. The largest absolute Gasteiger partial charge is 0.377 e. The van der Waals surface area contributed by atoms with Crippen molar-refractivity contribution < 1.29 is 4.74 Å². The van der Waals surface area contributed by atoms with Gasteiger partial charge in [0.05, 0.1) is 6.10 Å². The summed E-state index contributed by atoms with van der Waals surface area (Å²) in [7, 11) is 0. The van der Waals surface area contributed by atoms with Gasteiger partial charge in [0.15, 0.2) is 0 Å². The molecule has 1 rings (SSSR count). The van der Waals surface area contributed by atoms with Crippen LogP contribution in [0.3, 0.4) is 0 Å². The van der Waals surface area contributed by atoms with Crippen LogP contribution in [-0.2, 0) is 4.74 Å². The molecule has 1 aromatic rings. The van der Waals surface area contributed by atoms with Gasteiger partial charge in [-0.2, -0.15) is 0 Å². The van der Waals surface area contributed by atoms with Crippen molar-refractivity contribution in [3.8, 4) is 0 Å². The van der Waals surface area contributed by atoms with Gasteiger partial charge in [0.2, 0.25) is 0 Å². The molecular formula is C12H22N4O. The van der Waals surface area contributed by atoms with Gasteiger partial charge >= 0.3 is 0 Å². The molecule has 0 aliphatic heterocycles. The predicted octanol–water partition coefficient (Wildman–Crippen LogP) is 2.05. The minimum atomic E-state index is 0.179. The highest BCUT2D eigenvalue weighted by Gasteiger charge is 2.04. The summed E-state index contributed by atoms with van der Waals surface area (Å²) < 4.78 is 5.45. The van der Waals surface area contributed by atoms with Gasteiger partial charge in [0.25, 0.3) is 0 Å². The van der Waals surface area contributed by atoms with Gasteiger partial charge in [-0.05, 0) is 27.7 Å². The van der Waals surface area contributed by atoms with E-state index >= 15 is 0 Å². The SMILES string of the molecule is CCNc1cc(NCC(C)OCC)nc(C)n1. The lowest BCUT2D eigenvalue weighted by Crippen LogP contribution is -2.20. The lowest BCUT2D eigenvalue weighted by Gasteiger charge is -2.14. The zero-order valence-corrected chi connectivity index (χ0v) is 11.1. The third-order valence-corrected chi connectivity index (χ3v) is 2.22. The number of hydrogen-bond donors (Lipinski definition) is 2. The van der Waals surface area contributed by atoms with Crippen molar-refractivity contribution in [3.63, 3.8) is 0 Å². The quantitative estimate of drug-likeness (QED) is 0.761. The van der Waals surface area contributed by atoms with Gasteiger partial charge in [0.1, 0.15) is 17.5 Å². The van der Waals surface area contributed by atoms with E-state index in [2.05, 4.69) is 20.6 Å². The van der Waals surface area contributed by atoms with Gasteiger partial charge < -0.3 is 15.4 Å². The molecule has 0 bridgehead atoms. The van der Waals surface area contributed by atoms with E-state index in [0.29, 0.717) is 0 Å². The molecule has 0 radical (unpaired) electrons. The van der Waals surface area contributed by atoms with Crippen LogP contribution in [-0.4, -0.2) is 35.8 Å². The molecule has 0 amide bonds. The van der Waals surface area contributed by atoms with Crippen LogP contribution in [0.5, 0.6) is 0 Å². The van der Waals surface area contributed by atoms with Crippen LogP contribution in [0.15, 0.2) is 6.07 Å². The van der Waals surface area contributed by atoms with Crippen LogP contribution in [0, 0.1) is 6.92 Å². The Balaban J connectivity index is 2.57. The number of hydrogen-bond acceptors (Lipinski definition) is 5. The number of ether oxygens (including phenoxy) is 1. The number of anilines is 2. The fourth-order valence-electron chi connectivity index (χ4n) is 1.52. The Bertz CT molecular complexity index is 343. The number of nitrogens with zero attached hydrogens (tertiary/aromatic N) is 2. The monoisotopic (exact) mass is 238 g/mol. The van der Waals surface area contributed by atoms with E-state index < -0.39 is 0 Å². The molecule has 0 saturated carbocycles. The summed E-state index contributed by atoms with van der Waals surface area (Å²) in [4.78, 5) is 8.62. The third kappa shape index (κ3) is 4.99. The van der Waals surface area contributed by atoms with Crippen molar-refractivity contribution in [2.75, 3.05) is 30.3 Å². The fourth-order valence-corrected chi connectivity index (χ4v) is 1.52. The van der Waals surface area contributed by atoms with Crippen molar-refractivity contribution >= 4 is 11.6 Å². The third-order valence-electron chi connectivity index (χ3n) is 2.22. The topological polar surface area (TPSA) is 59.1 Å². The Morgan fingerprint density at radius 1 is 1.24 bits per heavy atom. The van der Waals surface area contributed by atoms with E-state index in [0.717, 1.165) is 37.2 Å². The van der Waals surface area contributed by atoms with Crippen LogP contribution >= 0.6 is 0 Å². The predicted molar refractivity (Wildman–Crippen MR) is 70.5 cm³/mol. The van der Waals surface area contributed by atoms with Crippen molar-refractivity contribution in [3.05, 3.63) is 11.9 Å². The van der Waals surface area contributed by atoms with Crippen LogP contribution in [0.25, 0.3) is 0 Å². The Morgan fingerprint density at radius 3 is 2.47 bits per heavy atom. The number of aromatic nitrogens is 2. The molecule has 5 heteroatoms. The number of nitrogens with one attached hydrogen (secondary N) is 2. The second-order valence-electron chi connectivity index (χ2n) is 3.86. The first-order valence-corrected chi connectivity index (χ1v) is 6.10. The first kappa shape index (κ1) is 13.7. The van der Waals surface area contributed by atoms with Crippen molar-refractivity contribution in [1.82, 2.24) is 9.97 Å². The summed E-state index contributed by atoms with van der Waals surface area (Å²) >= 11 is 0. The summed E-state index contributed by atoms with van der Waals surface area (Å²) in [6.45, 7) is 10.3. The highest BCUT2D eigenvalue weighted by Crippen LogP contribution is 2.10. The Labute approximate surface area is 103 Å². The van der Waals surface area contributed by atoms with Crippen LogP contribution < -0.4 is 10.6 Å². The minimum absolute atomic E-state index is 0.179. The van der Waals surface area contributed by atoms with Gasteiger partial charge in [-0.3, -0.25) is 0 Å². The fraction of sp³-hybridized carbons (Fsp3) is 0.667. The van der Waals surface area contributed by atoms with E-state index in [1.54, 1.807) is 0 Å². The smallest absolute Gasteiger partial charge is 0.131 e. The second-order valence-corrected chi connectivity index (χ2v) is 3.86. The highest BCUT2D eigenvalue weighted by molar-refractivity contribution is 5.47. The van der Waals surface area contributed by atoms with Crippen molar-refractivity contribution in [2.45, 2.75) is 33.8 Å². The molecule has 96 valence electrons. The summed E-state index contributed by atoms with van der Waals surface area (Å²) in [5.74, 6) is 2.45. The zero-order valence-electron chi connectivity index (χ0n) is 11.1. The first-order chi connectivity index (χ1) is 8.15. The van der Waals surface area contributed by atoms with E-state index in [1.807, 2.05) is 33.8 Å². The maximum atomic E-state index is 5.45. The molecule has 0 aromatic carbocycles. The molecular weight excluding hydrogens is 216 g/mol.